The van der Waals surface area contributed by atoms with Gasteiger partial charge < -0.3 is 16.2 Å². The highest BCUT2D eigenvalue weighted by molar-refractivity contribution is 7.16. The maximum absolute atomic E-state index is 10.7. The van der Waals surface area contributed by atoms with Crippen LogP contribution in [0, 0.1) is 5.92 Å². The molecule has 3 rings (SSSR count). The molecule has 0 bridgehead atoms. The molecular weight excluding hydrogens is 272 g/mol. The number of hydrogen-bond acceptors (Lipinski definition) is 6. The Hall–Kier alpha value is -1.40. The van der Waals surface area contributed by atoms with Gasteiger partial charge in [0.25, 0.3) is 0 Å². The van der Waals surface area contributed by atoms with Crippen molar-refractivity contribution >= 4 is 33.3 Å². The topological polar surface area (TPSA) is 84.1 Å². The van der Waals surface area contributed by atoms with Gasteiger partial charge in [0.1, 0.15) is 10.6 Å². The van der Waals surface area contributed by atoms with Gasteiger partial charge in [-0.15, -0.1) is 11.3 Å². The highest BCUT2D eigenvalue weighted by Gasteiger charge is 2.32. The lowest BCUT2D eigenvalue weighted by Gasteiger charge is -2.35. The summed E-state index contributed by atoms with van der Waals surface area (Å²) in [6.07, 6.45) is 3.97. The van der Waals surface area contributed by atoms with Crippen LogP contribution >= 0.6 is 11.3 Å². The monoisotopic (exact) mass is 292 g/mol. The van der Waals surface area contributed by atoms with E-state index in [9.17, 15) is 5.11 Å². The van der Waals surface area contributed by atoms with E-state index >= 15 is 0 Å². The molecule has 2 atom stereocenters. The summed E-state index contributed by atoms with van der Waals surface area (Å²) in [6.45, 7) is 2.71. The fourth-order valence-electron chi connectivity index (χ4n) is 3.05. The van der Waals surface area contributed by atoms with Crippen LogP contribution in [-0.4, -0.2) is 27.2 Å². The molecule has 1 fully saturated rings. The van der Waals surface area contributed by atoms with E-state index in [0.717, 1.165) is 35.3 Å². The van der Waals surface area contributed by atoms with E-state index in [2.05, 4.69) is 22.2 Å². The van der Waals surface area contributed by atoms with Crippen LogP contribution in [0.1, 0.15) is 32.6 Å². The first kappa shape index (κ1) is 13.6. The SMILES string of the molecule is CC1CCCC(O)(CNc2nc(N)nc3sccc23)C1. The molecule has 2 aromatic rings. The summed E-state index contributed by atoms with van der Waals surface area (Å²) in [5.41, 5.74) is 5.09. The Labute approximate surface area is 122 Å². The van der Waals surface area contributed by atoms with E-state index in [1.54, 1.807) is 11.3 Å². The standard InChI is InChI=1S/C14H20N4OS/c1-9-3-2-5-14(19,7-9)8-16-11-10-4-6-20-12(10)18-13(15)17-11/h4,6,9,19H,2-3,5,7-8H2,1H3,(H3,15,16,17,18). The number of aromatic nitrogens is 2. The van der Waals surface area contributed by atoms with Gasteiger partial charge in [0, 0.05) is 6.54 Å². The van der Waals surface area contributed by atoms with Crippen LogP contribution in [0.15, 0.2) is 11.4 Å². The lowest BCUT2D eigenvalue weighted by atomic mass is 9.79. The number of aliphatic hydroxyl groups is 1. The zero-order valence-corrected chi connectivity index (χ0v) is 12.4. The molecule has 0 saturated heterocycles. The largest absolute Gasteiger partial charge is 0.388 e. The minimum atomic E-state index is -0.639. The van der Waals surface area contributed by atoms with Crippen molar-refractivity contribution in [3.63, 3.8) is 0 Å². The van der Waals surface area contributed by atoms with Gasteiger partial charge >= 0.3 is 0 Å². The Morgan fingerprint density at radius 3 is 3.20 bits per heavy atom. The molecule has 2 heterocycles. The van der Waals surface area contributed by atoms with Gasteiger partial charge in [0.05, 0.1) is 11.0 Å². The van der Waals surface area contributed by atoms with Gasteiger partial charge in [-0.25, -0.2) is 4.98 Å². The first-order valence-corrected chi connectivity index (χ1v) is 7.91. The summed E-state index contributed by atoms with van der Waals surface area (Å²) in [6, 6.07) is 1.98. The number of nitrogens with zero attached hydrogens (tertiary/aromatic N) is 2. The minimum Gasteiger partial charge on any atom is -0.388 e. The van der Waals surface area contributed by atoms with Crippen LogP contribution in [0.2, 0.25) is 0 Å². The molecule has 2 unspecified atom stereocenters. The fraction of sp³-hybridized carbons (Fsp3) is 0.571. The summed E-state index contributed by atoms with van der Waals surface area (Å²) in [5, 5.41) is 16.9. The van der Waals surface area contributed by atoms with Crippen molar-refractivity contribution in [1.29, 1.82) is 0 Å². The Bertz CT molecular complexity index is 614. The molecular formula is C14H20N4OS. The van der Waals surface area contributed by atoms with E-state index < -0.39 is 5.60 Å². The van der Waals surface area contributed by atoms with Crippen LogP contribution in [0.25, 0.3) is 10.2 Å². The van der Waals surface area contributed by atoms with Gasteiger partial charge in [-0.05, 0) is 30.2 Å². The third kappa shape index (κ3) is 2.71. The first-order valence-electron chi connectivity index (χ1n) is 7.03. The van der Waals surface area contributed by atoms with E-state index in [0.29, 0.717) is 12.5 Å². The Morgan fingerprint density at radius 1 is 1.55 bits per heavy atom. The molecule has 2 aromatic heterocycles. The molecule has 6 heteroatoms. The molecule has 1 aliphatic rings. The quantitative estimate of drug-likeness (QED) is 0.810. The van der Waals surface area contributed by atoms with Crippen LogP contribution < -0.4 is 11.1 Å². The number of nitrogens with two attached hydrogens (primary N) is 1. The molecule has 5 nitrogen and oxygen atoms in total. The molecule has 4 N–H and O–H groups in total. The number of thiophene rings is 1. The van der Waals surface area contributed by atoms with Gasteiger partial charge in [-0.1, -0.05) is 19.8 Å². The average molecular weight is 292 g/mol. The van der Waals surface area contributed by atoms with Crippen molar-refractivity contribution in [2.24, 2.45) is 5.92 Å². The van der Waals surface area contributed by atoms with Crippen LogP contribution in [-0.2, 0) is 0 Å². The summed E-state index contributed by atoms with van der Waals surface area (Å²) < 4.78 is 0. The van der Waals surface area contributed by atoms with Gasteiger partial charge in [-0.2, -0.15) is 4.98 Å². The van der Waals surface area contributed by atoms with Crippen molar-refractivity contribution < 1.29 is 5.11 Å². The summed E-state index contributed by atoms with van der Waals surface area (Å²) in [4.78, 5) is 9.34. The second-order valence-electron chi connectivity index (χ2n) is 5.85. The number of anilines is 2. The smallest absolute Gasteiger partial charge is 0.223 e. The Kier molecular flexibility index (Phi) is 3.52. The number of fused-ring (bicyclic) bond motifs is 1. The van der Waals surface area contributed by atoms with Crippen LogP contribution in [0.4, 0.5) is 11.8 Å². The van der Waals surface area contributed by atoms with Crippen LogP contribution in [0.5, 0.6) is 0 Å². The highest BCUT2D eigenvalue weighted by Crippen LogP contribution is 2.33. The van der Waals surface area contributed by atoms with Crippen molar-refractivity contribution in [1.82, 2.24) is 9.97 Å². The van der Waals surface area contributed by atoms with E-state index in [4.69, 9.17) is 5.73 Å². The lowest BCUT2D eigenvalue weighted by molar-refractivity contribution is -0.000801. The first-order chi connectivity index (χ1) is 9.56. The molecule has 0 aliphatic heterocycles. The minimum absolute atomic E-state index is 0.270. The normalized spacial score (nSPS) is 26.8. The maximum atomic E-state index is 10.7. The van der Waals surface area contributed by atoms with E-state index in [1.165, 1.54) is 6.42 Å². The zero-order valence-electron chi connectivity index (χ0n) is 11.6. The molecule has 1 aliphatic carbocycles. The summed E-state index contributed by atoms with van der Waals surface area (Å²) in [5.74, 6) is 1.57. The Balaban J connectivity index is 1.78. The predicted molar refractivity (Wildman–Crippen MR) is 82.9 cm³/mol. The third-order valence-corrected chi connectivity index (χ3v) is 4.80. The van der Waals surface area contributed by atoms with Crippen molar-refractivity contribution in [2.75, 3.05) is 17.6 Å². The second-order valence-corrected chi connectivity index (χ2v) is 6.74. The van der Waals surface area contributed by atoms with Gasteiger partial charge in [-0.3, -0.25) is 0 Å². The molecule has 0 aromatic carbocycles. The summed E-state index contributed by atoms with van der Waals surface area (Å²) in [7, 11) is 0. The van der Waals surface area contributed by atoms with Gasteiger partial charge in [0.2, 0.25) is 5.95 Å². The van der Waals surface area contributed by atoms with Crippen LogP contribution in [0.3, 0.4) is 0 Å². The molecule has 0 radical (unpaired) electrons. The number of hydrogen-bond donors (Lipinski definition) is 3. The maximum Gasteiger partial charge on any atom is 0.223 e. The second kappa shape index (κ2) is 5.18. The molecule has 0 amide bonds. The lowest BCUT2D eigenvalue weighted by Crippen LogP contribution is -2.41. The Morgan fingerprint density at radius 2 is 2.40 bits per heavy atom. The average Bonchev–Trinajstić information content (AvgIpc) is 2.83. The molecule has 0 spiro atoms. The molecule has 20 heavy (non-hydrogen) atoms. The molecule has 108 valence electrons. The van der Waals surface area contributed by atoms with Crippen molar-refractivity contribution in [2.45, 2.75) is 38.2 Å². The molecule has 1 saturated carbocycles. The fourth-order valence-corrected chi connectivity index (χ4v) is 3.82. The van der Waals surface area contributed by atoms with E-state index in [-0.39, 0.29) is 5.95 Å². The third-order valence-electron chi connectivity index (χ3n) is 3.99. The number of nitrogen functional groups attached to an aromatic ring is 1. The number of nitrogens with one attached hydrogen (secondary N) is 1. The zero-order chi connectivity index (χ0) is 14.2. The highest BCUT2D eigenvalue weighted by atomic mass is 32.1. The van der Waals surface area contributed by atoms with Crippen molar-refractivity contribution in [3.05, 3.63) is 11.4 Å². The predicted octanol–water partition coefficient (Wildman–Crippen LogP) is 2.63. The van der Waals surface area contributed by atoms with Crippen molar-refractivity contribution in [3.8, 4) is 0 Å². The van der Waals surface area contributed by atoms with E-state index in [1.807, 2.05) is 11.4 Å². The van der Waals surface area contributed by atoms with Gasteiger partial charge in [0.15, 0.2) is 0 Å². The number of rotatable bonds is 3. The summed E-state index contributed by atoms with van der Waals surface area (Å²) >= 11 is 1.54.